The lowest BCUT2D eigenvalue weighted by Gasteiger charge is -2.21. The second-order valence-electron chi connectivity index (χ2n) is 6.88. The fraction of sp³-hybridized carbons (Fsp3) is 0.889. The van der Waals surface area contributed by atoms with Crippen LogP contribution < -0.4 is 10.6 Å². The van der Waals surface area contributed by atoms with Crippen molar-refractivity contribution in [1.29, 1.82) is 0 Å². The van der Waals surface area contributed by atoms with E-state index in [1.54, 1.807) is 0 Å². The Balaban J connectivity index is 1.76. The number of amides is 1. The van der Waals surface area contributed by atoms with Gasteiger partial charge in [-0.3, -0.25) is 4.79 Å². The van der Waals surface area contributed by atoms with Gasteiger partial charge in [0.1, 0.15) is 6.54 Å². The number of hydrogen-bond acceptors (Lipinski definition) is 2. The Morgan fingerprint density at radius 1 is 1.00 bits per heavy atom. The third kappa shape index (κ3) is 6.80. The summed E-state index contributed by atoms with van der Waals surface area (Å²) in [5, 5.41) is 6.72. The van der Waals surface area contributed by atoms with Gasteiger partial charge in [-0.2, -0.15) is 0 Å². The minimum atomic E-state index is 0.158. The zero-order chi connectivity index (χ0) is 16.3. The smallest absolute Gasteiger partial charge is 0.244 e. The standard InChI is InChI=1S/C18H34N4O/c1-2-19-18(21-15-17(23)22-12-8-9-13-22)20-14-16-10-6-4-3-5-7-11-16/h16H,2-15H2,1H3,(H2,19,20,21). The zero-order valence-corrected chi connectivity index (χ0v) is 14.8. The van der Waals surface area contributed by atoms with Crippen LogP contribution in [0.3, 0.4) is 0 Å². The predicted octanol–water partition coefficient (Wildman–Crippen LogP) is 2.52. The molecule has 5 heteroatoms. The largest absolute Gasteiger partial charge is 0.357 e. The lowest BCUT2D eigenvalue weighted by atomic mass is 9.91. The molecule has 0 aromatic rings. The molecule has 5 nitrogen and oxygen atoms in total. The Hall–Kier alpha value is -1.26. The van der Waals surface area contributed by atoms with Gasteiger partial charge in [0.25, 0.3) is 0 Å². The predicted molar refractivity (Wildman–Crippen MR) is 95.6 cm³/mol. The van der Waals surface area contributed by atoms with Crippen molar-refractivity contribution in [2.45, 2.75) is 64.7 Å². The topological polar surface area (TPSA) is 56.7 Å². The molecule has 1 saturated heterocycles. The molecule has 0 aromatic heterocycles. The highest BCUT2D eigenvalue weighted by atomic mass is 16.2. The molecular formula is C18H34N4O. The van der Waals surface area contributed by atoms with E-state index in [-0.39, 0.29) is 12.5 Å². The van der Waals surface area contributed by atoms with Gasteiger partial charge in [0.2, 0.25) is 5.91 Å². The van der Waals surface area contributed by atoms with Crippen LogP contribution in [-0.2, 0) is 4.79 Å². The van der Waals surface area contributed by atoms with Gasteiger partial charge in [-0.1, -0.05) is 32.1 Å². The lowest BCUT2D eigenvalue weighted by molar-refractivity contribution is -0.128. The van der Waals surface area contributed by atoms with E-state index in [4.69, 9.17) is 0 Å². The number of rotatable bonds is 5. The molecule has 0 atom stereocenters. The molecule has 2 rings (SSSR count). The molecule has 2 N–H and O–H groups in total. The van der Waals surface area contributed by atoms with Gasteiger partial charge in [0.15, 0.2) is 5.96 Å². The van der Waals surface area contributed by atoms with Crippen molar-refractivity contribution in [3.8, 4) is 0 Å². The highest BCUT2D eigenvalue weighted by molar-refractivity contribution is 5.85. The Morgan fingerprint density at radius 2 is 1.65 bits per heavy atom. The van der Waals surface area contributed by atoms with Crippen molar-refractivity contribution in [3.63, 3.8) is 0 Å². The number of nitrogens with zero attached hydrogens (tertiary/aromatic N) is 2. The molecule has 1 aliphatic heterocycles. The molecule has 1 heterocycles. The van der Waals surface area contributed by atoms with Gasteiger partial charge in [-0.15, -0.1) is 0 Å². The summed E-state index contributed by atoms with van der Waals surface area (Å²) in [7, 11) is 0. The van der Waals surface area contributed by atoms with Gasteiger partial charge in [-0.25, -0.2) is 4.99 Å². The van der Waals surface area contributed by atoms with Crippen molar-refractivity contribution in [1.82, 2.24) is 15.5 Å². The molecule has 1 aliphatic carbocycles. The normalized spacial score (nSPS) is 20.9. The lowest BCUT2D eigenvalue weighted by Crippen LogP contribution is -2.41. The molecule has 1 saturated carbocycles. The molecule has 23 heavy (non-hydrogen) atoms. The highest BCUT2D eigenvalue weighted by Crippen LogP contribution is 2.21. The fourth-order valence-electron chi connectivity index (χ4n) is 3.54. The molecule has 2 aliphatic rings. The van der Waals surface area contributed by atoms with Crippen LogP contribution in [0.25, 0.3) is 0 Å². The van der Waals surface area contributed by atoms with Gasteiger partial charge in [-0.05, 0) is 38.5 Å². The summed E-state index contributed by atoms with van der Waals surface area (Å²) in [5.74, 6) is 1.70. The first-order valence-corrected chi connectivity index (χ1v) is 9.59. The molecule has 132 valence electrons. The summed E-state index contributed by atoms with van der Waals surface area (Å²) in [6, 6.07) is 0. The molecule has 0 bridgehead atoms. The van der Waals surface area contributed by atoms with Crippen LogP contribution in [0.1, 0.15) is 64.7 Å². The summed E-state index contributed by atoms with van der Waals surface area (Å²) >= 11 is 0. The number of hydrogen-bond donors (Lipinski definition) is 2. The van der Waals surface area contributed by atoms with Crippen molar-refractivity contribution in [2.75, 3.05) is 32.7 Å². The van der Waals surface area contributed by atoms with Gasteiger partial charge in [0, 0.05) is 26.2 Å². The van der Waals surface area contributed by atoms with Crippen molar-refractivity contribution in [2.24, 2.45) is 10.9 Å². The second kappa shape index (κ2) is 10.5. The van der Waals surface area contributed by atoms with Crippen molar-refractivity contribution < 1.29 is 4.79 Å². The van der Waals surface area contributed by atoms with E-state index in [1.165, 1.54) is 44.9 Å². The maximum absolute atomic E-state index is 12.1. The number of carbonyl (C=O) groups is 1. The van der Waals surface area contributed by atoms with Crippen molar-refractivity contribution in [3.05, 3.63) is 0 Å². The zero-order valence-electron chi connectivity index (χ0n) is 14.8. The summed E-state index contributed by atoms with van der Waals surface area (Å²) < 4.78 is 0. The quantitative estimate of drug-likeness (QED) is 0.604. The monoisotopic (exact) mass is 322 g/mol. The number of guanidine groups is 1. The molecule has 0 unspecified atom stereocenters. The van der Waals surface area contributed by atoms with Gasteiger partial charge < -0.3 is 15.5 Å². The van der Waals surface area contributed by atoms with Gasteiger partial charge in [0.05, 0.1) is 0 Å². The first kappa shape index (κ1) is 18.1. The Morgan fingerprint density at radius 3 is 2.30 bits per heavy atom. The summed E-state index contributed by atoms with van der Waals surface area (Å²) in [6.07, 6.45) is 11.8. The fourth-order valence-corrected chi connectivity index (χ4v) is 3.54. The molecule has 2 fully saturated rings. The number of likely N-dealkylation sites (tertiary alicyclic amines) is 1. The van der Waals surface area contributed by atoms with E-state index in [9.17, 15) is 4.79 Å². The Labute approximate surface area is 141 Å². The van der Waals surface area contributed by atoms with Crippen LogP contribution >= 0.6 is 0 Å². The van der Waals surface area contributed by atoms with Crippen LogP contribution in [0.4, 0.5) is 0 Å². The average molecular weight is 322 g/mol. The minimum Gasteiger partial charge on any atom is -0.357 e. The number of nitrogens with one attached hydrogen (secondary N) is 2. The van der Waals surface area contributed by atoms with Gasteiger partial charge >= 0.3 is 0 Å². The summed E-state index contributed by atoms with van der Waals surface area (Å²) in [4.78, 5) is 18.5. The molecular weight excluding hydrogens is 288 g/mol. The first-order chi connectivity index (χ1) is 11.3. The number of carbonyl (C=O) groups excluding carboxylic acids is 1. The van der Waals surface area contributed by atoms with Crippen LogP contribution in [0.5, 0.6) is 0 Å². The van der Waals surface area contributed by atoms with E-state index in [0.717, 1.165) is 50.9 Å². The van der Waals surface area contributed by atoms with Crippen molar-refractivity contribution >= 4 is 11.9 Å². The van der Waals surface area contributed by atoms with E-state index in [0.29, 0.717) is 0 Å². The van der Waals surface area contributed by atoms with Crippen LogP contribution in [-0.4, -0.2) is 49.5 Å². The second-order valence-corrected chi connectivity index (χ2v) is 6.88. The molecule has 0 aromatic carbocycles. The van der Waals surface area contributed by atoms with E-state index in [2.05, 4.69) is 22.5 Å². The molecule has 1 amide bonds. The minimum absolute atomic E-state index is 0.158. The SMILES string of the molecule is CCNC(=NCC(=O)N1CCCC1)NCC1CCCCCCC1. The van der Waals surface area contributed by atoms with E-state index >= 15 is 0 Å². The Bertz CT molecular complexity index is 369. The first-order valence-electron chi connectivity index (χ1n) is 9.59. The molecule has 0 radical (unpaired) electrons. The maximum Gasteiger partial charge on any atom is 0.244 e. The van der Waals surface area contributed by atoms with E-state index < -0.39 is 0 Å². The van der Waals surface area contributed by atoms with Crippen LogP contribution in [0, 0.1) is 5.92 Å². The third-order valence-corrected chi connectivity index (χ3v) is 4.96. The Kier molecular flexibility index (Phi) is 8.26. The van der Waals surface area contributed by atoms with Crippen LogP contribution in [0.2, 0.25) is 0 Å². The summed E-state index contributed by atoms with van der Waals surface area (Å²) in [5.41, 5.74) is 0. The third-order valence-electron chi connectivity index (χ3n) is 4.96. The van der Waals surface area contributed by atoms with E-state index in [1.807, 2.05) is 4.90 Å². The molecule has 0 spiro atoms. The highest BCUT2D eigenvalue weighted by Gasteiger charge is 2.17. The number of aliphatic imine (C=N–C) groups is 1. The maximum atomic E-state index is 12.1. The average Bonchev–Trinajstić information content (AvgIpc) is 3.05. The van der Waals surface area contributed by atoms with Crippen LogP contribution in [0.15, 0.2) is 4.99 Å². The summed E-state index contributed by atoms with van der Waals surface area (Å²) in [6.45, 7) is 5.94.